The van der Waals surface area contributed by atoms with Crippen LogP contribution in [0.25, 0.3) is 0 Å². The molecule has 10 heavy (non-hydrogen) atoms. The molecule has 0 rings (SSSR count). The van der Waals surface area contributed by atoms with Gasteiger partial charge in [0, 0.05) is 0 Å². The molecule has 0 saturated carbocycles. The van der Waals surface area contributed by atoms with E-state index in [2.05, 4.69) is 4.52 Å². The summed E-state index contributed by atoms with van der Waals surface area (Å²) in [7, 11) is -4.24. The molecular weight excluding hydrogens is 155 g/mol. The number of hydrogen-bond acceptors (Lipinski definition) is 2. The fourth-order valence-electron chi connectivity index (χ4n) is 0.369. The van der Waals surface area contributed by atoms with Gasteiger partial charge in [-0.3, -0.25) is 4.52 Å². The summed E-state index contributed by atoms with van der Waals surface area (Å²) in [5, 5.41) is 0. The molecule has 0 atom stereocenters. The Labute approximate surface area is 60.5 Å². The summed E-state index contributed by atoms with van der Waals surface area (Å²) in [4.78, 5) is 16.4. The Morgan fingerprint density at radius 3 is 2.30 bits per heavy atom. The molecule has 0 aliphatic heterocycles. The van der Waals surface area contributed by atoms with Crippen molar-refractivity contribution in [1.29, 1.82) is 0 Å². The lowest BCUT2D eigenvalue weighted by atomic mass is 10.2. The fraction of sp³-hybridized carbons (Fsp3) is 0.800. The summed E-state index contributed by atoms with van der Waals surface area (Å²) in [5.74, 6) is 1.09. The minimum Gasteiger partial charge on any atom is -0.303 e. The van der Waals surface area contributed by atoms with Gasteiger partial charge in [-0.2, -0.15) is 0 Å². The third-order valence-electron chi connectivity index (χ3n) is 0.862. The van der Waals surface area contributed by atoms with E-state index >= 15 is 0 Å². The lowest BCUT2D eigenvalue weighted by molar-refractivity contribution is 0.197. The number of phosphoric acid groups is 1. The average Bonchev–Trinajstić information content (AvgIpc) is 1.59. The molecule has 0 fully saturated rings. The second-order valence-electron chi connectivity index (χ2n) is 2.28. The van der Waals surface area contributed by atoms with Crippen molar-refractivity contribution < 1.29 is 18.9 Å². The van der Waals surface area contributed by atoms with E-state index in [0.29, 0.717) is 6.42 Å². The first kappa shape index (κ1) is 10.1. The summed E-state index contributed by atoms with van der Waals surface area (Å²) in [5.41, 5.74) is 0. The second-order valence-corrected chi connectivity index (χ2v) is 3.52. The maximum atomic E-state index is 10.1. The summed E-state index contributed by atoms with van der Waals surface area (Å²) in [6, 6.07) is 0. The van der Waals surface area contributed by atoms with Crippen molar-refractivity contribution in [3.8, 4) is 0 Å². The smallest absolute Gasteiger partial charge is 0.303 e. The molecular formula is C5H12O4P. The molecule has 2 N–H and O–H groups in total. The zero-order valence-corrected chi connectivity index (χ0v) is 6.97. The molecule has 0 saturated heterocycles. The van der Waals surface area contributed by atoms with Gasteiger partial charge in [0.1, 0.15) is 0 Å². The number of rotatable bonds is 4. The van der Waals surface area contributed by atoms with Crippen molar-refractivity contribution in [3.05, 3.63) is 5.92 Å². The van der Waals surface area contributed by atoms with Gasteiger partial charge in [0.2, 0.25) is 0 Å². The van der Waals surface area contributed by atoms with Gasteiger partial charge in [-0.05, 0) is 12.3 Å². The normalized spacial score (nSPS) is 12.5. The molecule has 5 heteroatoms. The van der Waals surface area contributed by atoms with E-state index in [1.54, 1.807) is 0 Å². The second kappa shape index (κ2) is 4.09. The molecule has 0 heterocycles. The van der Waals surface area contributed by atoms with E-state index in [9.17, 15) is 4.57 Å². The van der Waals surface area contributed by atoms with Crippen LogP contribution in [0.2, 0.25) is 0 Å². The molecule has 0 unspecified atom stereocenters. The van der Waals surface area contributed by atoms with Crippen molar-refractivity contribution in [1.82, 2.24) is 0 Å². The molecule has 61 valence electrons. The molecule has 0 spiro atoms. The van der Waals surface area contributed by atoms with Crippen molar-refractivity contribution in [2.45, 2.75) is 20.3 Å². The Kier molecular flexibility index (Phi) is 4.13. The van der Waals surface area contributed by atoms with Crippen molar-refractivity contribution >= 4 is 7.82 Å². The van der Waals surface area contributed by atoms with Crippen LogP contribution in [0.1, 0.15) is 20.3 Å². The van der Waals surface area contributed by atoms with Gasteiger partial charge >= 0.3 is 7.82 Å². The van der Waals surface area contributed by atoms with E-state index in [4.69, 9.17) is 9.79 Å². The van der Waals surface area contributed by atoms with Gasteiger partial charge < -0.3 is 9.79 Å². The average molecular weight is 167 g/mol. The van der Waals surface area contributed by atoms with Crippen LogP contribution >= 0.6 is 7.82 Å². The Hall–Kier alpha value is 0.110. The Morgan fingerprint density at radius 1 is 1.50 bits per heavy atom. The molecule has 0 aromatic heterocycles. The van der Waals surface area contributed by atoms with Crippen molar-refractivity contribution in [3.63, 3.8) is 0 Å². The lowest BCUT2D eigenvalue weighted by Crippen LogP contribution is -1.95. The quantitative estimate of drug-likeness (QED) is 0.615. The minimum absolute atomic E-state index is 0.0899. The third-order valence-corrected chi connectivity index (χ3v) is 1.38. The van der Waals surface area contributed by atoms with E-state index < -0.39 is 7.82 Å². The minimum atomic E-state index is -4.24. The maximum Gasteiger partial charge on any atom is 0.469 e. The van der Waals surface area contributed by atoms with Crippen LogP contribution in [-0.4, -0.2) is 16.4 Å². The highest BCUT2D eigenvalue weighted by molar-refractivity contribution is 7.46. The first-order chi connectivity index (χ1) is 4.42. The van der Waals surface area contributed by atoms with E-state index in [1.807, 2.05) is 13.8 Å². The molecule has 0 aliphatic rings. The predicted octanol–water partition coefficient (Wildman–Crippen LogP) is 1.10. The summed E-state index contributed by atoms with van der Waals surface area (Å²) < 4.78 is 14.3. The van der Waals surface area contributed by atoms with Gasteiger partial charge in [0.25, 0.3) is 0 Å². The first-order valence-electron chi connectivity index (χ1n) is 2.91. The Morgan fingerprint density at radius 2 is 2.00 bits per heavy atom. The van der Waals surface area contributed by atoms with Gasteiger partial charge in [-0.25, -0.2) is 4.57 Å². The lowest BCUT2D eigenvalue weighted by Gasteiger charge is -2.05. The first-order valence-corrected chi connectivity index (χ1v) is 4.44. The number of phosphoric ester groups is 1. The molecule has 0 aliphatic carbocycles. The van der Waals surface area contributed by atoms with Crippen molar-refractivity contribution in [2.24, 2.45) is 0 Å². The van der Waals surface area contributed by atoms with Crippen LogP contribution in [0.15, 0.2) is 0 Å². The zero-order valence-electron chi connectivity index (χ0n) is 6.07. The molecule has 0 amide bonds. The topological polar surface area (TPSA) is 66.8 Å². The Balaban J connectivity index is 3.30. The van der Waals surface area contributed by atoms with Crippen molar-refractivity contribution in [2.75, 3.05) is 6.61 Å². The molecule has 1 radical (unpaired) electrons. The number of hydrogen-bond donors (Lipinski definition) is 2. The Bertz CT molecular complexity index is 128. The maximum absolute atomic E-state index is 10.1. The molecule has 4 nitrogen and oxygen atoms in total. The van der Waals surface area contributed by atoms with E-state index in [0.717, 1.165) is 5.92 Å². The summed E-state index contributed by atoms with van der Waals surface area (Å²) in [6.07, 6.45) is 0.588. The van der Waals surface area contributed by atoms with Gasteiger partial charge in [-0.1, -0.05) is 13.8 Å². The molecule has 0 bridgehead atoms. The van der Waals surface area contributed by atoms with Crippen LogP contribution in [-0.2, 0) is 9.09 Å². The highest BCUT2D eigenvalue weighted by Gasteiger charge is 2.12. The van der Waals surface area contributed by atoms with Crippen LogP contribution in [0.3, 0.4) is 0 Å². The van der Waals surface area contributed by atoms with Gasteiger partial charge in [0.15, 0.2) is 0 Å². The predicted molar refractivity (Wildman–Crippen MR) is 37.2 cm³/mol. The molecule has 0 aromatic carbocycles. The van der Waals surface area contributed by atoms with Crippen LogP contribution in [0, 0.1) is 5.92 Å². The third kappa shape index (κ3) is 8.11. The highest BCUT2D eigenvalue weighted by atomic mass is 31.2. The highest BCUT2D eigenvalue weighted by Crippen LogP contribution is 2.35. The van der Waals surface area contributed by atoms with E-state index in [1.165, 1.54) is 0 Å². The monoisotopic (exact) mass is 167 g/mol. The van der Waals surface area contributed by atoms with Crippen LogP contribution in [0.5, 0.6) is 0 Å². The largest absolute Gasteiger partial charge is 0.469 e. The van der Waals surface area contributed by atoms with Gasteiger partial charge in [-0.15, -0.1) is 0 Å². The summed E-state index contributed by atoms with van der Waals surface area (Å²) in [6.45, 7) is 3.85. The standard InChI is InChI=1S/C5H12O4P/c1-5(2)3-4-9-10(6,7)8/h3-4H2,1-2H3,(H2,6,7,8). The van der Waals surface area contributed by atoms with Crippen LogP contribution < -0.4 is 0 Å². The zero-order chi connectivity index (χ0) is 8.20. The SMILES string of the molecule is C[C](C)CCOP(=O)(O)O. The van der Waals surface area contributed by atoms with E-state index in [-0.39, 0.29) is 6.61 Å². The van der Waals surface area contributed by atoms with Gasteiger partial charge in [0.05, 0.1) is 6.61 Å². The van der Waals surface area contributed by atoms with Crippen LogP contribution in [0.4, 0.5) is 0 Å². The summed E-state index contributed by atoms with van der Waals surface area (Å²) >= 11 is 0. The molecule has 0 aromatic rings. The fourth-order valence-corrected chi connectivity index (χ4v) is 0.698.